The molecular formula is C18H32O3Si2. The molecule has 0 aromatic heterocycles. The van der Waals surface area contributed by atoms with Gasteiger partial charge in [-0.05, 0) is 57.7 Å². The largest absolute Gasteiger partial charge is 0.418 e. The average Bonchev–Trinajstić information content (AvgIpc) is 2.40. The SMILES string of the molecule is C[Si](C)(C)OCCC[C@@]1(O[Si](C)(C)C)CO[C@@H]1c1ccccc1. The highest BCUT2D eigenvalue weighted by atomic mass is 28.4. The summed E-state index contributed by atoms with van der Waals surface area (Å²) in [6.07, 6.45) is 2.09. The van der Waals surface area contributed by atoms with Crippen LogP contribution in [0.25, 0.3) is 0 Å². The van der Waals surface area contributed by atoms with Crippen molar-refractivity contribution in [1.82, 2.24) is 0 Å². The fraction of sp³-hybridized carbons (Fsp3) is 0.667. The summed E-state index contributed by atoms with van der Waals surface area (Å²) in [7, 11) is -3.08. The van der Waals surface area contributed by atoms with Gasteiger partial charge in [0.05, 0.1) is 6.61 Å². The minimum atomic E-state index is -1.65. The number of ether oxygens (including phenoxy) is 1. The zero-order valence-corrected chi connectivity index (χ0v) is 17.5. The summed E-state index contributed by atoms with van der Waals surface area (Å²) < 4.78 is 18.6. The Hall–Kier alpha value is -0.466. The molecule has 2 rings (SSSR count). The highest BCUT2D eigenvalue weighted by Gasteiger charge is 2.51. The molecule has 0 N–H and O–H groups in total. The summed E-state index contributed by atoms with van der Waals surface area (Å²) in [6, 6.07) is 10.5. The van der Waals surface area contributed by atoms with E-state index in [-0.39, 0.29) is 11.7 Å². The van der Waals surface area contributed by atoms with Crippen molar-refractivity contribution < 1.29 is 13.6 Å². The van der Waals surface area contributed by atoms with Crippen LogP contribution in [0.1, 0.15) is 24.5 Å². The van der Waals surface area contributed by atoms with Crippen LogP contribution in [0.3, 0.4) is 0 Å². The van der Waals surface area contributed by atoms with Gasteiger partial charge in [0, 0.05) is 6.61 Å². The van der Waals surface area contributed by atoms with Crippen LogP contribution in [0.5, 0.6) is 0 Å². The molecule has 0 bridgehead atoms. The van der Waals surface area contributed by atoms with Crippen molar-refractivity contribution in [3.63, 3.8) is 0 Å². The fourth-order valence-corrected chi connectivity index (χ4v) is 5.32. The Labute approximate surface area is 143 Å². The van der Waals surface area contributed by atoms with E-state index in [2.05, 4.69) is 63.5 Å². The van der Waals surface area contributed by atoms with Gasteiger partial charge in [-0.25, -0.2) is 0 Å². The third-order valence-electron chi connectivity index (χ3n) is 3.86. The van der Waals surface area contributed by atoms with E-state index in [1.54, 1.807) is 0 Å². The van der Waals surface area contributed by atoms with Crippen molar-refractivity contribution in [1.29, 1.82) is 0 Å². The first-order valence-corrected chi connectivity index (χ1v) is 15.4. The molecule has 23 heavy (non-hydrogen) atoms. The number of rotatable bonds is 8. The average molecular weight is 353 g/mol. The lowest BCUT2D eigenvalue weighted by Gasteiger charge is -2.52. The van der Waals surface area contributed by atoms with Crippen molar-refractivity contribution in [2.45, 2.75) is 63.8 Å². The quantitative estimate of drug-likeness (QED) is 0.488. The molecule has 1 aromatic rings. The smallest absolute Gasteiger partial charge is 0.184 e. The Bertz CT molecular complexity index is 493. The van der Waals surface area contributed by atoms with Gasteiger partial charge in [0.1, 0.15) is 11.7 Å². The first kappa shape index (κ1) is 18.9. The van der Waals surface area contributed by atoms with Gasteiger partial charge in [-0.2, -0.15) is 0 Å². The van der Waals surface area contributed by atoms with Crippen LogP contribution in [-0.4, -0.2) is 35.4 Å². The highest BCUT2D eigenvalue weighted by Crippen LogP contribution is 2.46. The van der Waals surface area contributed by atoms with Gasteiger partial charge in [0.25, 0.3) is 0 Å². The number of benzene rings is 1. The van der Waals surface area contributed by atoms with E-state index in [4.69, 9.17) is 13.6 Å². The molecule has 1 aromatic carbocycles. The first-order valence-electron chi connectivity index (χ1n) is 8.62. The topological polar surface area (TPSA) is 27.7 Å². The maximum absolute atomic E-state index is 6.63. The molecule has 0 aliphatic carbocycles. The molecule has 0 saturated carbocycles. The summed E-state index contributed by atoms with van der Waals surface area (Å²) in [5.41, 5.74) is 1.05. The molecule has 1 heterocycles. The third kappa shape index (κ3) is 5.53. The summed E-state index contributed by atoms with van der Waals surface area (Å²) in [5, 5.41) is 0. The second-order valence-electron chi connectivity index (χ2n) is 8.45. The molecule has 1 fully saturated rings. The minimum Gasteiger partial charge on any atom is -0.418 e. The van der Waals surface area contributed by atoms with Crippen molar-refractivity contribution >= 4 is 16.6 Å². The van der Waals surface area contributed by atoms with Crippen LogP contribution in [0.15, 0.2) is 30.3 Å². The fourth-order valence-electron chi connectivity index (χ4n) is 3.08. The molecule has 5 heteroatoms. The van der Waals surface area contributed by atoms with E-state index < -0.39 is 16.6 Å². The predicted octanol–water partition coefficient (Wildman–Crippen LogP) is 4.98. The molecule has 0 amide bonds. The van der Waals surface area contributed by atoms with E-state index in [0.29, 0.717) is 6.61 Å². The summed E-state index contributed by atoms with van der Waals surface area (Å²) in [5.74, 6) is 0. The number of hydrogen-bond donors (Lipinski definition) is 0. The molecule has 0 radical (unpaired) electrons. The zero-order valence-electron chi connectivity index (χ0n) is 15.5. The molecular weight excluding hydrogens is 320 g/mol. The van der Waals surface area contributed by atoms with E-state index in [9.17, 15) is 0 Å². The summed E-state index contributed by atoms with van der Waals surface area (Å²) >= 11 is 0. The van der Waals surface area contributed by atoms with Crippen molar-refractivity contribution in [2.75, 3.05) is 13.2 Å². The lowest BCUT2D eigenvalue weighted by atomic mass is 9.83. The Morgan fingerprint density at radius 2 is 1.70 bits per heavy atom. The third-order valence-corrected chi connectivity index (χ3v) is 5.95. The van der Waals surface area contributed by atoms with E-state index >= 15 is 0 Å². The lowest BCUT2D eigenvalue weighted by Crippen LogP contribution is -2.58. The zero-order chi connectivity index (χ0) is 17.1. The van der Waals surface area contributed by atoms with Gasteiger partial charge >= 0.3 is 0 Å². The molecule has 130 valence electrons. The van der Waals surface area contributed by atoms with Crippen LogP contribution >= 0.6 is 0 Å². The van der Waals surface area contributed by atoms with Crippen molar-refractivity contribution in [3.8, 4) is 0 Å². The Morgan fingerprint density at radius 3 is 2.17 bits per heavy atom. The van der Waals surface area contributed by atoms with Crippen LogP contribution in [-0.2, 0) is 13.6 Å². The van der Waals surface area contributed by atoms with Crippen LogP contribution < -0.4 is 0 Å². The second kappa shape index (κ2) is 7.19. The summed E-state index contributed by atoms with van der Waals surface area (Å²) in [4.78, 5) is 0. The minimum absolute atomic E-state index is 0.0577. The van der Waals surface area contributed by atoms with Crippen LogP contribution in [0, 0.1) is 0 Å². The van der Waals surface area contributed by atoms with Gasteiger partial charge in [0.15, 0.2) is 16.6 Å². The van der Waals surface area contributed by atoms with Crippen molar-refractivity contribution in [2.24, 2.45) is 0 Å². The van der Waals surface area contributed by atoms with Gasteiger partial charge in [-0.1, -0.05) is 30.3 Å². The maximum atomic E-state index is 6.63. The summed E-state index contributed by atoms with van der Waals surface area (Å²) in [6.45, 7) is 15.0. The van der Waals surface area contributed by atoms with E-state index in [1.165, 1.54) is 5.56 Å². The van der Waals surface area contributed by atoms with Crippen LogP contribution in [0.4, 0.5) is 0 Å². The first-order chi connectivity index (χ1) is 10.6. The Kier molecular flexibility index (Phi) is 5.90. The molecule has 1 saturated heterocycles. The van der Waals surface area contributed by atoms with E-state index in [1.807, 2.05) is 6.07 Å². The monoisotopic (exact) mass is 352 g/mol. The maximum Gasteiger partial charge on any atom is 0.184 e. The molecule has 0 unspecified atom stereocenters. The van der Waals surface area contributed by atoms with Crippen LogP contribution in [0.2, 0.25) is 39.3 Å². The molecule has 0 spiro atoms. The highest BCUT2D eigenvalue weighted by molar-refractivity contribution is 6.70. The Balaban J connectivity index is 2.05. The molecule has 1 aliphatic heterocycles. The second-order valence-corrected chi connectivity index (χ2v) is 17.4. The normalized spacial score (nSPS) is 25.2. The van der Waals surface area contributed by atoms with Gasteiger partial charge in [-0.3, -0.25) is 0 Å². The lowest BCUT2D eigenvalue weighted by molar-refractivity contribution is -0.235. The van der Waals surface area contributed by atoms with E-state index in [0.717, 1.165) is 19.4 Å². The van der Waals surface area contributed by atoms with Gasteiger partial charge in [0.2, 0.25) is 0 Å². The Morgan fingerprint density at radius 1 is 1.04 bits per heavy atom. The number of hydrogen-bond acceptors (Lipinski definition) is 3. The molecule has 1 aliphatic rings. The standard InChI is InChI=1S/C18H32O3Si2/c1-22(2,3)20-14-10-13-18(21-23(4,5)6)15-19-17(18)16-11-8-7-9-12-16/h7-9,11-12,17H,10,13-15H2,1-6H3/t17-,18-/m1/s1. The van der Waals surface area contributed by atoms with Gasteiger partial charge in [-0.15, -0.1) is 0 Å². The van der Waals surface area contributed by atoms with Crippen molar-refractivity contribution in [3.05, 3.63) is 35.9 Å². The predicted molar refractivity (Wildman–Crippen MR) is 101 cm³/mol. The molecule has 2 atom stereocenters. The molecule has 3 nitrogen and oxygen atoms in total. The van der Waals surface area contributed by atoms with Gasteiger partial charge < -0.3 is 13.6 Å².